The summed E-state index contributed by atoms with van der Waals surface area (Å²) in [6.45, 7) is 6.85. The summed E-state index contributed by atoms with van der Waals surface area (Å²) < 4.78 is 0. The van der Waals surface area contributed by atoms with Crippen LogP contribution in [0.25, 0.3) is 21.8 Å². The number of carbonyl (C=O) groups excluding carboxylic acids is 1. The second-order valence-corrected chi connectivity index (χ2v) is 8.96. The normalized spacial score (nSPS) is 11.7. The van der Waals surface area contributed by atoms with Crippen molar-refractivity contribution in [2.24, 2.45) is 5.41 Å². The Morgan fingerprint density at radius 2 is 1.40 bits per heavy atom. The van der Waals surface area contributed by atoms with Crippen molar-refractivity contribution in [3.05, 3.63) is 72.1 Å². The van der Waals surface area contributed by atoms with E-state index >= 15 is 0 Å². The molecule has 3 N–H and O–H groups in total. The summed E-state index contributed by atoms with van der Waals surface area (Å²) in [5, 5.41) is 5.71. The van der Waals surface area contributed by atoms with Crippen LogP contribution in [0.2, 0.25) is 0 Å². The molecule has 4 rings (SSSR count). The Hall–Kier alpha value is -3.12. The molecule has 4 aromatic rings. The fourth-order valence-electron chi connectivity index (χ4n) is 3.55. The van der Waals surface area contributed by atoms with Gasteiger partial charge >= 0.3 is 0 Å². The lowest BCUT2D eigenvalue weighted by molar-refractivity contribution is -0.127. The van der Waals surface area contributed by atoms with Gasteiger partial charge in [0.2, 0.25) is 5.91 Å². The van der Waals surface area contributed by atoms with E-state index < -0.39 is 5.41 Å². The van der Waals surface area contributed by atoms with Crippen LogP contribution in [0.5, 0.6) is 0 Å². The first kappa shape index (κ1) is 20.2. The minimum absolute atomic E-state index is 0.0859. The number of rotatable bonds is 4. The van der Waals surface area contributed by atoms with E-state index in [1.807, 2.05) is 45.3 Å². The quantitative estimate of drug-likeness (QED) is 0.404. The number of hydrogen-bond donors (Lipinski definition) is 3. The van der Waals surface area contributed by atoms with Crippen LogP contribution in [-0.4, -0.2) is 25.9 Å². The standard InChI is InChI=1S/C24H26N4OS/c1-24(2,3)22(29)27-23(30)28(14-16-6-4-8-20-18(16)10-12-25-20)15-17-7-5-9-21-19(17)11-13-26-21/h4-13,25-26H,14-15H2,1-3H3,(H,27,29,30). The van der Waals surface area contributed by atoms with E-state index in [-0.39, 0.29) is 5.91 Å². The molecule has 0 saturated heterocycles. The third-order valence-corrected chi connectivity index (χ3v) is 5.64. The molecule has 2 aromatic carbocycles. The molecule has 0 saturated carbocycles. The molecule has 6 heteroatoms. The maximum atomic E-state index is 12.6. The van der Waals surface area contributed by atoms with E-state index in [0.717, 1.165) is 32.9 Å². The Morgan fingerprint density at radius 3 is 1.87 bits per heavy atom. The highest BCUT2D eigenvalue weighted by Crippen LogP contribution is 2.23. The van der Waals surface area contributed by atoms with Gasteiger partial charge in [-0.15, -0.1) is 0 Å². The van der Waals surface area contributed by atoms with Crippen LogP contribution in [0.1, 0.15) is 31.9 Å². The van der Waals surface area contributed by atoms with Gasteiger partial charge in [0.25, 0.3) is 0 Å². The third-order valence-electron chi connectivity index (χ3n) is 5.28. The highest BCUT2D eigenvalue weighted by molar-refractivity contribution is 7.80. The highest BCUT2D eigenvalue weighted by atomic mass is 32.1. The van der Waals surface area contributed by atoms with Gasteiger partial charge in [-0.3, -0.25) is 4.79 Å². The van der Waals surface area contributed by atoms with Gasteiger partial charge in [-0.05, 0) is 47.6 Å². The molecule has 0 aliphatic heterocycles. The van der Waals surface area contributed by atoms with E-state index in [4.69, 9.17) is 12.2 Å². The molecule has 0 spiro atoms. The molecular weight excluding hydrogens is 392 g/mol. The lowest BCUT2D eigenvalue weighted by Crippen LogP contribution is -2.46. The minimum atomic E-state index is -0.517. The summed E-state index contributed by atoms with van der Waals surface area (Å²) in [5.41, 5.74) is 3.97. The molecule has 2 aromatic heterocycles. The number of thiocarbonyl (C=S) groups is 1. The van der Waals surface area contributed by atoms with Gasteiger partial charge in [-0.25, -0.2) is 0 Å². The first-order valence-electron chi connectivity index (χ1n) is 10.0. The zero-order chi connectivity index (χ0) is 21.3. The molecule has 0 aliphatic rings. The molecule has 0 aliphatic carbocycles. The first-order valence-corrected chi connectivity index (χ1v) is 10.4. The molecule has 0 unspecified atom stereocenters. The molecule has 0 radical (unpaired) electrons. The number of amides is 1. The van der Waals surface area contributed by atoms with Crippen LogP contribution in [0.15, 0.2) is 60.9 Å². The van der Waals surface area contributed by atoms with Crippen molar-refractivity contribution in [2.45, 2.75) is 33.9 Å². The second kappa shape index (κ2) is 7.95. The van der Waals surface area contributed by atoms with E-state index in [9.17, 15) is 4.79 Å². The summed E-state index contributed by atoms with van der Waals surface area (Å²) in [6, 6.07) is 16.6. The highest BCUT2D eigenvalue weighted by Gasteiger charge is 2.24. The van der Waals surface area contributed by atoms with Crippen LogP contribution in [-0.2, 0) is 17.9 Å². The fourth-order valence-corrected chi connectivity index (χ4v) is 3.77. The number of aromatic amines is 2. The Morgan fingerprint density at radius 1 is 0.900 bits per heavy atom. The molecule has 154 valence electrons. The van der Waals surface area contributed by atoms with Crippen molar-refractivity contribution in [1.82, 2.24) is 20.2 Å². The predicted molar refractivity (Wildman–Crippen MR) is 126 cm³/mol. The van der Waals surface area contributed by atoms with E-state index in [1.165, 1.54) is 0 Å². The maximum absolute atomic E-state index is 12.6. The Balaban J connectivity index is 1.67. The van der Waals surface area contributed by atoms with E-state index in [1.54, 1.807) is 0 Å². The van der Waals surface area contributed by atoms with E-state index in [0.29, 0.717) is 18.2 Å². The zero-order valence-corrected chi connectivity index (χ0v) is 18.3. The molecule has 2 heterocycles. The molecule has 0 fully saturated rings. The lowest BCUT2D eigenvalue weighted by Gasteiger charge is -2.28. The number of aromatic nitrogens is 2. The van der Waals surface area contributed by atoms with Crippen molar-refractivity contribution >= 4 is 45.0 Å². The van der Waals surface area contributed by atoms with Gasteiger partial charge in [-0.2, -0.15) is 0 Å². The van der Waals surface area contributed by atoms with Crippen molar-refractivity contribution in [3.63, 3.8) is 0 Å². The number of benzene rings is 2. The Labute approximate surface area is 181 Å². The zero-order valence-electron chi connectivity index (χ0n) is 17.5. The molecule has 30 heavy (non-hydrogen) atoms. The lowest BCUT2D eigenvalue weighted by atomic mass is 9.96. The first-order chi connectivity index (χ1) is 14.3. The summed E-state index contributed by atoms with van der Waals surface area (Å²) in [5.74, 6) is -0.0859. The topological polar surface area (TPSA) is 63.9 Å². The van der Waals surface area contributed by atoms with Crippen molar-refractivity contribution < 1.29 is 4.79 Å². The van der Waals surface area contributed by atoms with Crippen molar-refractivity contribution in [3.8, 4) is 0 Å². The number of H-pyrrole nitrogens is 2. The van der Waals surface area contributed by atoms with Crippen LogP contribution < -0.4 is 5.32 Å². The van der Waals surface area contributed by atoms with Crippen LogP contribution >= 0.6 is 12.2 Å². The molecule has 0 atom stereocenters. The van der Waals surface area contributed by atoms with Gasteiger partial charge < -0.3 is 20.2 Å². The molecular formula is C24H26N4OS. The number of nitrogens with one attached hydrogen (secondary N) is 3. The van der Waals surface area contributed by atoms with Gasteiger partial charge in [0.1, 0.15) is 0 Å². The number of carbonyl (C=O) groups is 1. The fraction of sp³-hybridized carbons (Fsp3) is 0.250. The predicted octanol–water partition coefficient (Wildman–Crippen LogP) is 5.10. The number of nitrogens with zero attached hydrogens (tertiary/aromatic N) is 1. The molecule has 0 bridgehead atoms. The minimum Gasteiger partial charge on any atom is -0.361 e. The Kier molecular flexibility index (Phi) is 5.35. The van der Waals surface area contributed by atoms with Gasteiger partial charge in [0, 0.05) is 52.7 Å². The van der Waals surface area contributed by atoms with Crippen LogP contribution in [0.4, 0.5) is 0 Å². The van der Waals surface area contributed by atoms with Gasteiger partial charge in [0.05, 0.1) is 0 Å². The summed E-state index contributed by atoms with van der Waals surface area (Å²) >= 11 is 5.70. The summed E-state index contributed by atoms with van der Waals surface area (Å²) in [6.07, 6.45) is 3.89. The van der Waals surface area contributed by atoms with Gasteiger partial charge in [0.15, 0.2) is 5.11 Å². The Bertz CT molecular complexity index is 1140. The SMILES string of the molecule is CC(C)(C)C(=O)NC(=S)N(Cc1cccc2[nH]ccc12)Cc1cccc2[nH]ccc12. The average molecular weight is 419 g/mol. The molecule has 1 amide bonds. The largest absolute Gasteiger partial charge is 0.361 e. The summed E-state index contributed by atoms with van der Waals surface area (Å²) in [4.78, 5) is 21.2. The third kappa shape index (κ3) is 4.09. The number of hydrogen-bond acceptors (Lipinski definition) is 2. The number of fused-ring (bicyclic) bond motifs is 2. The average Bonchev–Trinajstić information content (AvgIpc) is 3.36. The van der Waals surface area contributed by atoms with Crippen molar-refractivity contribution in [2.75, 3.05) is 0 Å². The van der Waals surface area contributed by atoms with Crippen LogP contribution in [0.3, 0.4) is 0 Å². The summed E-state index contributed by atoms with van der Waals surface area (Å²) in [7, 11) is 0. The molecule has 5 nitrogen and oxygen atoms in total. The monoisotopic (exact) mass is 418 g/mol. The van der Waals surface area contributed by atoms with Gasteiger partial charge in [-0.1, -0.05) is 45.0 Å². The smallest absolute Gasteiger partial charge is 0.231 e. The van der Waals surface area contributed by atoms with Crippen LogP contribution in [0, 0.1) is 5.41 Å². The van der Waals surface area contributed by atoms with E-state index in [2.05, 4.69) is 56.6 Å². The maximum Gasteiger partial charge on any atom is 0.231 e. The van der Waals surface area contributed by atoms with Crippen molar-refractivity contribution in [1.29, 1.82) is 0 Å². The second-order valence-electron chi connectivity index (χ2n) is 8.58.